The SMILES string of the molecule is COc1cnc(Nc2cc(F)cc(F)c2)nc1C(=O)CC1CCC1(C)C. The van der Waals surface area contributed by atoms with Crippen molar-refractivity contribution in [2.24, 2.45) is 11.3 Å². The van der Waals surface area contributed by atoms with Crippen molar-refractivity contribution in [2.45, 2.75) is 33.1 Å². The Morgan fingerprint density at radius 2 is 2.00 bits per heavy atom. The first kappa shape index (κ1) is 18.2. The fourth-order valence-corrected chi connectivity index (χ4v) is 3.16. The summed E-state index contributed by atoms with van der Waals surface area (Å²) in [4.78, 5) is 21.0. The molecular weight excluding hydrogens is 340 g/mol. The van der Waals surface area contributed by atoms with E-state index in [0.717, 1.165) is 31.0 Å². The molecule has 0 spiro atoms. The zero-order valence-corrected chi connectivity index (χ0v) is 15.0. The van der Waals surface area contributed by atoms with Gasteiger partial charge < -0.3 is 10.1 Å². The number of nitrogens with zero attached hydrogens (tertiary/aromatic N) is 2. The van der Waals surface area contributed by atoms with Crippen LogP contribution in [0.1, 0.15) is 43.6 Å². The van der Waals surface area contributed by atoms with Crippen molar-refractivity contribution >= 4 is 17.4 Å². The number of ketones is 1. The average Bonchev–Trinajstić information content (AvgIpc) is 2.57. The summed E-state index contributed by atoms with van der Waals surface area (Å²) in [6.45, 7) is 4.30. The number of halogens is 2. The van der Waals surface area contributed by atoms with Gasteiger partial charge in [-0.05, 0) is 36.3 Å². The van der Waals surface area contributed by atoms with Crippen LogP contribution >= 0.6 is 0 Å². The molecule has 0 bridgehead atoms. The van der Waals surface area contributed by atoms with Crippen LogP contribution in [0.3, 0.4) is 0 Å². The second-order valence-corrected chi connectivity index (χ2v) is 7.25. The van der Waals surface area contributed by atoms with Gasteiger partial charge in [0.25, 0.3) is 0 Å². The molecule has 7 heteroatoms. The summed E-state index contributed by atoms with van der Waals surface area (Å²) in [5.74, 6) is -0.900. The second-order valence-electron chi connectivity index (χ2n) is 7.25. The summed E-state index contributed by atoms with van der Waals surface area (Å²) < 4.78 is 31.8. The Labute approximate surface area is 150 Å². The molecule has 1 N–H and O–H groups in total. The van der Waals surface area contributed by atoms with Gasteiger partial charge in [0, 0.05) is 18.2 Å². The fourth-order valence-electron chi connectivity index (χ4n) is 3.16. The molecule has 0 radical (unpaired) electrons. The first-order valence-corrected chi connectivity index (χ1v) is 8.46. The molecule has 1 saturated carbocycles. The quantitative estimate of drug-likeness (QED) is 0.767. The maximum absolute atomic E-state index is 13.3. The monoisotopic (exact) mass is 361 g/mol. The van der Waals surface area contributed by atoms with Crippen LogP contribution in [0, 0.1) is 23.0 Å². The Hall–Kier alpha value is -2.57. The Bertz CT molecular complexity index is 819. The van der Waals surface area contributed by atoms with Crippen LogP contribution in [0.2, 0.25) is 0 Å². The third-order valence-corrected chi connectivity index (χ3v) is 5.03. The normalized spacial score (nSPS) is 18.1. The number of Topliss-reactive ketones (excluding diaryl/α,β-unsaturated/α-hetero) is 1. The lowest BCUT2D eigenvalue weighted by molar-refractivity contribution is 0.0547. The lowest BCUT2D eigenvalue weighted by Crippen LogP contribution is -2.36. The van der Waals surface area contributed by atoms with E-state index < -0.39 is 11.6 Å². The van der Waals surface area contributed by atoms with Crippen LogP contribution in [-0.4, -0.2) is 22.9 Å². The Morgan fingerprint density at radius 1 is 1.31 bits per heavy atom. The zero-order chi connectivity index (χ0) is 18.9. The molecule has 3 rings (SSSR count). The van der Waals surface area contributed by atoms with Crippen LogP contribution < -0.4 is 10.1 Å². The molecule has 0 saturated heterocycles. The summed E-state index contributed by atoms with van der Waals surface area (Å²) in [7, 11) is 1.44. The Morgan fingerprint density at radius 3 is 2.54 bits per heavy atom. The first-order chi connectivity index (χ1) is 12.3. The maximum atomic E-state index is 13.3. The fraction of sp³-hybridized carbons (Fsp3) is 0.421. The molecular formula is C19H21F2N3O2. The van der Waals surface area contributed by atoms with Crippen LogP contribution in [0.4, 0.5) is 20.4 Å². The van der Waals surface area contributed by atoms with Gasteiger partial charge in [0.05, 0.1) is 13.3 Å². The molecule has 5 nitrogen and oxygen atoms in total. The largest absolute Gasteiger partial charge is 0.493 e. The number of hydrogen-bond donors (Lipinski definition) is 1. The highest BCUT2D eigenvalue weighted by Gasteiger charge is 2.39. The maximum Gasteiger partial charge on any atom is 0.228 e. The van der Waals surface area contributed by atoms with Gasteiger partial charge >= 0.3 is 0 Å². The number of methoxy groups -OCH3 is 1. The average molecular weight is 361 g/mol. The van der Waals surface area contributed by atoms with E-state index in [4.69, 9.17) is 4.74 Å². The van der Waals surface area contributed by atoms with Gasteiger partial charge in [-0.15, -0.1) is 0 Å². The van der Waals surface area contributed by atoms with Gasteiger partial charge in [-0.2, -0.15) is 0 Å². The number of ether oxygens (including phenoxy) is 1. The number of carbonyl (C=O) groups excluding carboxylic acids is 1. The minimum atomic E-state index is -0.718. The van der Waals surface area contributed by atoms with Crippen LogP contribution in [0.25, 0.3) is 0 Å². The van der Waals surface area contributed by atoms with Crippen molar-refractivity contribution in [1.82, 2.24) is 9.97 Å². The van der Waals surface area contributed by atoms with Gasteiger partial charge in [0.1, 0.15) is 11.6 Å². The topological polar surface area (TPSA) is 64.1 Å². The number of rotatable bonds is 6. The standard InChI is InChI=1S/C19H21F2N3O2/c1-19(2)5-4-11(19)6-15(25)17-16(26-3)10-22-18(24-17)23-14-8-12(20)7-13(21)9-14/h7-11H,4-6H2,1-3H3,(H,22,23,24). The minimum Gasteiger partial charge on any atom is -0.493 e. The highest BCUT2D eigenvalue weighted by atomic mass is 19.1. The molecule has 1 unspecified atom stereocenters. The Balaban J connectivity index is 1.83. The lowest BCUT2D eigenvalue weighted by Gasteiger charge is -2.44. The number of nitrogens with one attached hydrogen (secondary N) is 1. The molecule has 1 fully saturated rings. The highest BCUT2D eigenvalue weighted by Crippen LogP contribution is 2.48. The van der Waals surface area contributed by atoms with E-state index in [9.17, 15) is 13.6 Å². The lowest BCUT2D eigenvalue weighted by atomic mass is 9.61. The summed E-state index contributed by atoms with van der Waals surface area (Å²) >= 11 is 0. The van der Waals surface area contributed by atoms with Gasteiger partial charge in [-0.25, -0.2) is 18.7 Å². The van der Waals surface area contributed by atoms with Gasteiger partial charge in [-0.1, -0.05) is 13.8 Å². The molecule has 1 heterocycles. The number of aromatic nitrogens is 2. The van der Waals surface area contributed by atoms with Gasteiger partial charge in [-0.3, -0.25) is 4.79 Å². The second kappa shape index (κ2) is 6.97. The van der Waals surface area contributed by atoms with E-state index >= 15 is 0 Å². The summed E-state index contributed by atoms with van der Waals surface area (Å²) in [5.41, 5.74) is 0.478. The molecule has 1 atom stereocenters. The Kier molecular flexibility index (Phi) is 4.89. The minimum absolute atomic E-state index is 0.0759. The van der Waals surface area contributed by atoms with E-state index in [1.54, 1.807) is 0 Å². The van der Waals surface area contributed by atoms with E-state index in [0.29, 0.717) is 12.3 Å². The molecule has 138 valence electrons. The van der Waals surface area contributed by atoms with E-state index in [-0.39, 0.29) is 34.3 Å². The number of benzene rings is 1. The van der Waals surface area contributed by atoms with E-state index in [1.807, 2.05) is 0 Å². The van der Waals surface area contributed by atoms with Crippen LogP contribution in [-0.2, 0) is 0 Å². The molecule has 0 amide bonds. The van der Waals surface area contributed by atoms with Crippen molar-refractivity contribution in [3.63, 3.8) is 0 Å². The molecule has 1 aliphatic carbocycles. The summed E-state index contributed by atoms with van der Waals surface area (Å²) in [6.07, 6.45) is 3.88. The predicted molar refractivity (Wildman–Crippen MR) is 93.7 cm³/mol. The number of anilines is 2. The molecule has 1 aromatic heterocycles. The zero-order valence-electron chi connectivity index (χ0n) is 15.0. The van der Waals surface area contributed by atoms with Crippen molar-refractivity contribution in [3.8, 4) is 5.75 Å². The van der Waals surface area contributed by atoms with Crippen LogP contribution in [0.5, 0.6) is 5.75 Å². The predicted octanol–water partition coefficient (Wildman–Crippen LogP) is 4.52. The third kappa shape index (κ3) is 3.81. The van der Waals surface area contributed by atoms with Gasteiger partial charge in [0.2, 0.25) is 5.95 Å². The number of hydrogen-bond acceptors (Lipinski definition) is 5. The van der Waals surface area contributed by atoms with Crippen molar-refractivity contribution in [3.05, 3.63) is 41.7 Å². The van der Waals surface area contributed by atoms with E-state index in [2.05, 4.69) is 29.1 Å². The molecule has 0 aliphatic heterocycles. The van der Waals surface area contributed by atoms with Crippen molar-refractivity contribution in [1.29, 1.82) is 0 Å². The molecule has 1 aromatic carbocycles. The van der Waals surface area contributed by atoms with E-state index in [1.165, 1.54) is 13.3 Å². The number of carbonyl (C=O) groups is 1. The molecule has 26 heavy (non-hydrogen) atoms. The summed E-state index contributed by atoms with van der Waals surface area (Å²) in [5, 5.41) is 2.72. The van der Waals surface area contributed by atoms with Crippen molar-refractivity contribution < 1.29 is 18.3 Å². The molecule has 1 aliphatic rings. The van der Waals surface area contributed by atoms with Gasteiger partial charge in [0.15, 0.2) is 17.2 Å². The third-order valence-electron chi connectivity index (χ3n) is 5.03. The first-order valence-electron chi connectivity index (χ1n) is 8.46. The highest BCUT2D eigenvalue weighted by molar-refractivity contribution is 5.97. The molecule has 2 aromatic rings. The van der Waals surface area contributed by atoms with Crippen molar-refractivity contribution in [2.75, 3.05) is 12.4 Å². The summed E-state index contributed by atoms with van der Waals surface area (Å²) in [6, 6.07) is 3.01. The smallest absolute Gasteiger partial charge is 0.228 e. The van der Waals surface area contributed by atoms with Crippen LogP contribution in [0.15, 0.2) is 24.4 Å².